The Morgan fingerprint density at radius 3 is 2.66 bits per heavy atom. The summed E-state index contributed by atoms with van der Waals surface area (Å²) in [5, 5.41) is 10.2. The number of fused-ring (bicyclic) bond motifs is 2. The highest BCUT2D eigenvalue weighted by Gasteiger charge is 2.30. The molecule has 11 nitrogen and oxygen atoms in total. The molecule has 1 aliphatic rings. The zero-order chi connectivity index (χ0) is 27.7. The minimum atomic E-state index is -4.41. The molecule has 15 heteroatoms. The van der Waals surface area contributed by atoms with Crippen molar-refractivity contribution in [2.75, 3.05) is 23.0 Å². The summed E-state index contributed by atoms with van der Waals surface area (Å²) in [6.07, 6.45) is 1.76. The fourth-order valence-electron chi connectivity index (χ4n) is 3.98. The first-order valence-electron chi connectivity index (χ1n) is 11.3. The molecule has 0 unspecified atom stereocenters. The predicted molar refractivity (Wildman–Crippen MR) is 145 cm³/mol. The predicted octanol–water partition coefficient (Wildman–Crippen LogP) is 2.04. The van der Waals surface area contributed by atoms with Gasteiger partial charge in [-0.15, -0.1) is 0 Å². The summed E-state index contributed by atoms with van der Waals surface area (Å²) < 4.78 is 69.8. The molecule has 3 aromatic rings. The number of sulfonamides is 1. The maximum atomic E-state index is 12.4. The molecule has 4 rings (SSSR count). The molecule has 0 spiro atoms. The quantitative estimate of drug-likeness (QED) is 0.249. The lowest BCUT2D eigenvalue weighted by Gasteiger charge is -2.19. The number of rotatable bonds is 10. The third-order valence-corrected chi connectivity index (χ3v) is 9.29. The van der Waals surface area contributed by atoms with Gasteiger partial charge in [-0.1, -0.05) is 33.3 Å². The third kappa shape index (κ3) is 6.90. The summed E-state index contributed by atoms with van der Waals surface area (Å²) in [6.45, 7) is 1.11. The van der Waals surface area contributed by atoms with Crippen LogP contribution in [0.15, 0.2) is 46.8 Å². The lowest BCUT2D eigenvalue weighted by atomic mass is 10.2. The molecule has 0 atom stereocenters. The summed E-state index contributed by atoms with van der Waals surface area (Å²) in [7, 11) is -8.28. The molecule has 0 bridgehead atoms. The molecule has 0 saturated heterocycles. The molecule has 2 heterocycles. The van der Waals surface area contributed by atoms with Gasteiger partial charge in [0.05, 0.1) is 28.5 Å². The third-order valence-electron chi connectivity index (χ3n) is 5.58. The fraction of sp³-hybridized carbons (Fsp3) is 0.304. The number of amides is 1. The van der Waals surface area contributed by atoms with Gasteiger partial charge in [-0.25, -0.2) is 16.8 Å². The average Bonchev–Trinajstić information content (AvgIpc) is 3.32. The van der Waals surface area contributed by atoms with Gasteiger partial charge < -0.3 is 19.3 Å². The van der Waals surface area contributed by atoms with Crippen molar-refractivity contribution in [3.63, 3.8) is 0 Å². The molecule has 0 radical (unpaired) electrons. The topological polar surface area (TPSA) is 157 Å². The first-order chi connectivity index (χ1) is 17.8. The first kappa shape index (κ1) is 28.4. The number of nitrogens with zero attached hydrogens (tertiary/aromatic N) is 2. The van der Waals surface area contributed by atoms with Crippen LogP contribution in [-0.4, -0.2) is 50.5 Å². The Labute approximate surface area is 232 Å². The summed E-state index contributed by atoms with van der Waals surface area (Å²) in [4.78, 5) is 13.0. The van der Waals surface area contributed by atoms with Crippen molar-refractivity contribution in [2.24, 2.45) is 0 Å². The van der Waals surface area contributed by atoms with Gasteiger partial charge in [0.15, 0.2) is 12.3 Å². The summed E-state index contributed by atoms with van der Waals surface area (Å²) in [5.41, 5.74) is 1.99. The number of hydrogen-bond donors (Lipinski definition) is 2. The van der Waals surface area contributed by atoms with Crippen LogP contribution in [0.1, 0.15) is 23.9 Å². The van der Waals surface area contributed by atoms with E-state index in [0.717, 1.165) is 21.6 Å². The lowest BCUT2D eigenvalue weighted by Crippen LogP contribution is -2.42. The molecule has 2 aromatic carbocycles. The standard InChI is InChI=1S/C23H24BrN3O8S3/c1-15(29)25-37(30,31)10-8-27-19-12-17(24)4-6-21(19)36-23(27)13-22-26(7-2-9-38(32,33)34)18-11-16(14-28)3-5-20(18)35-22/h3-6,11-13,28H,2,7-10,14H2,1H3,(H-,25,29,32,33,34). The highest BCUT2D eigenvalue weighted by Crippen LogP contribution is 2.41. The second-order valence-electron chi connectivity index (χ2n) is 8.49. The second-order valence-corrected chi connectivity index (χ2v) is 13.8. The number of aliphatic hydroxyl groups excluding tert-OH is 1. The molecule has 204 valence electrons. The van der Waals surface area contributed by atoms with Crippen molar-refractivity contribution in [2.45, 2.75) is 26.5 Å². The van der Waals surface area contributed by atoms with E-state index in [4.69, 9.17) is 4.74 Å². The Kier molecular flexibility index (Phi) is 8.44. The van der Waals surface area contributed by atoms with E-state index in [1.54, 1.807) is 33.7 Å². The summed E-state index contributed by atoms with van der Waals surface area (Å²) >= 11 is 4.84. The van der Waals surface area contributed by atoms with E-state index in [1.807, 2.05) is 22.9 Å². The minimum Gasteiger partial charge on any atom is -0.748 e. The Hall–Kier alpha value is -2.56. The van der Waals surface area contributed by atoms with Gasteiger partial charge in [-0.05, 0) is 36.2 Å². The van der Waals surface area contributed by atoms with Gasteiger partial charge in [0, 0.05) is 29.8 Å². The number of aromatic nitrogens is 1. The molecule has 38 heavy (non-hydrogen) atoms. The van der Waals surface area contributed by atoms with Crippen LogP contribution in [0.4, 0.5) is 5.69 Å². The van der Waals surface area contributed by atoms with E-state index >= 15 is 0 Å². The molecule has 0 saturated carbocycles. The van der Waals surface area contributed by atoms with Crippen LogP contribution in [0.2, 0.25) is 0 Å². The Balaban J connectivity index is 1.75. The monoisotopic (exact) mass is 645 g/mol. The van der Waals surface area contributed by atoms with Crippen molar-refractivity contribution in [1.29, 1.82) is 0 Å². The van der Waals surface area contributed by atoms with Crippen LogP contribution in [0, 0.1) is 0 Å². The van der Waals surface area contributed by atoms with Crippen molar-refractivity contribution in [1.82, 2.24) is 4.72 Å². The SMILES string of the molecule is CC(=O)NS(=O)(=O)CC[n+]1c(C=C2Oc3ccc(CO)cc3N2CCCS(=O)(=O)[O-])sc2ccc(Br)cc21. The van der Waals surface area contributed by atoms with E-state index in [2.05, 4.69) is 15.9 Å². The zero-order valence-corrected chi connectivity index (χ0v) is 24.1. The number of halogens is 1. The molecule has 0 aliphatic carbocycles. The van der Waals surface area contributed by atoms with Crippen LogP contribution in [0.5, 0.6) is 5.75 Å². The minimum absolute atomic E-state index is 0.0359. The number of thiazole rings is 1. The second kappa shape index (κ2) is 11.3. The largest absolute Gasteiger partial charge is 0.748 e. The number of aryl methyl sites for hydroxylation is 1. The first-order valence-corrected chi connectivity index (χ1v) is 16.2. The average molecular weight is 647 g/mol. The number of carbonyl (C=O) groups is 1. The van der Waals surface area contributed by atoms with Crippen LogP contribution in [0.3, 0.4) is 0 Å². The fourth-order valence-corrected chi connectivity index (χ4v) is 6.87. The van der Waals surface area contributed by atoms with Crippen LogP contribution in [-0.2, 0) is 38.1 Å². The van der Waals surface area contributed by atoms with Crippen molar-refractivity contribution in [3.05, 3.63) is 57.3 Å². The number of nitrogens with one attached hydrogen (secondary N) is 1. The molecule has 1 aromatic heterocycles. The van der Waals surface area contributed by atoms with Gasteiger partial charge >= 0.3 is 0 Å². The highest BCUT2D eigenvalue weighted by molar-refractivity contribution is 9.10. The number of benzene rings is 2. The summed E-state index contributed by atoms with van der Waals surface area (Å²) in [6, 6.07) is 10.7. The van der Waals surface area contributed by atoms with Crippen LogP contribution >= 0.6 is 27.3 Å². The van der Waals surface area contributed by atoms with Crippen LogP contribution < -0.4 is 18.9 Å². The lowest BCUT2D eigenvalue weighted by molar-refractivity contribution is -0.664. The van der Waals surface area contributed by atoms with Crippen molar-refractivity contribution >= 4 is 75.3 Å². The van der Waals surface area contributed by atoms with Gasteiger partial charge in [-0.2, -0.15) is 4.57 Å². The van der Waals surface area contributed by atoms with Crippen molar-refractivity contribution < 1.29 is 40.6 Å². The molecule has 0 fully saturated rings. The number of hydrogen-bond acceptors (Lipinski definition) is 10. The van der Waals surface area contributed by atoms with E-state index < -0.39 is 31.8 Å². The highest BCUT2D eigenvalue weighted by atomic mass is 79.9. The molecular weight excluding hydrogens is 622 g/mol. The molecular formula is C23H24BrN3O8S3. The van der Waals surface area contributed by atoms with E-state index in [9.17, 15) is 31.3 Å². The normalized spacial score (nSPS) is 14.6. The Bertz CT molecular complexity index is 1630. The summed E-state index contributed by atoms with van der Waals surface area (Å²) in [5.74, 6) is -0.739. The van der Waals surface area contributed by atoms with Crippen molar-refractivity contribution in [3.8, 4) is 5.75 Å². The van der Waals surface area contributed by atoms with E-state index in [-0.39, 0.29) is 31.9 Å². The molecule has 2 N–H and O–H groups in total. The van der Waals surface area contributed by atoms with E-state index in [1.165, 1.54) is 11.3 Å². The number of carbonyl (C=O) groups excluding carboxylic acids is 1. The molecule has 1 aliphatic heterocycles. The van der Waals surface area contributed by atoms with Crippen LogP contribution in [0.25, 0.3) is 16.3 Å². The van der Waals surface area contributed by atoms with Gasteiger partial charge in [0.2, 0.25) is 27.3 Å². The molecule has 1 amide bonds. The zero-order valence-electron chi connectivity index (χ0n) is 20.1. The maximum absolute atomic E-state index is 12.4. The number of ether oxygens (including phenoxy) is 1. The number of aliphatic hydroxyl groups is 1. The van der Waals surface area contributed by atoms with Gasteiger partial charge in [-0.3, -0.25) is 9.52 Å². The smallest absolute Gasteiger partial charge is 0.268 e. The van der Waals surface area contributed by atoms with E-state index in [0.29, 0.717) is 27.9 Å². The maximum Gasteiger partial charge on any atom is 0.268 e. The van der Waals surface area contributed by atoms with Gasteiger partial charge in [0.1, 0.15) is 10.5 Å². The number of anilines is 1. The Morgan fingerprint density at radius 2 is 1.97 bits per heavy atom. The van der Waals surface area contributed by atoms with Gasteiger partial charge in [0.25, 0.3) is 5.01 Å². The Morgan fingerprint density at radius 1 is 1.21 bits per heavy atom.